The predicted molar refractivity (Wildman–Crippen MR) is 60.7 cm³/mol. The van der Waals surface area contributed by atoms with E-state index in [0.29, 0.717) is 10.0 Å². The first-order chi connectivity index (χ1) is 7.33. The highest BCUT2D eigenvalue weighted by atomic mass is 79.9. The van der Waals surface area contributed by atoms with Crippen LogP contribution in [0.25, 0.3) is 0 Å². The topological polar surface area (TPSA) is 17.1 Å². The Labute approximate surface area is 104 Å². The van der Waals surface area contributed by atoms with Crippen LogP contribution in [-0.4, -0.2) is 11.3 Å². The van der Waals surface area contributed by atoms with Crippen molar-refractivity contribution in [1.82, 2.24) is 0 Å². The van der Waals surface area contributed by atoms with E-state index in [0.717, 1.165) is 0 Å². The number of benzene rings is 1. The molecule has 0 aliphatic heterocycles. The minimum atomic E-state index is -4.35. The third-order valence-corrected chi connectivity index (χ3v) is 3.54. The van der Waals surface area contributed by atoms with Crippen LogP contribution >= 0.6 is 27.7 Å². The second-order valence-electron chi connectivity index (χ2n) is 2.97. The monoisotopic (exact) mass is 312 g/mol. The molecule has 16 heavy (non-hydrogen) atoms. The Morgan fingerprint density at radius 1 is 1.44 bits per heavy atom. The number of hydrogen-bond acceptors (Lipinski definition) is 2. The molecule has 0 saturated carbocycles. The maximum Gasteiger partial charge on any atom is 0.446 e. The fourth-order valence-corrected chi connectivity index (χ4v) is 2.17. The summed E-state index contributed by atoms with van der Waals surface area (Å²) in [6.45, 7) is 1.67. The summed E-state index contributed by atoms with van der Waals surface area (Å²) in [4.78, 5) is 11.3. The second-order valence-corrected chi connectivity index (χ2v) is 4.93. The van der Waals surface area contributed by atoms with Gasteiger partial charge in [-0.3, -0.25) is 4.79 Å². The molecular formula is C10H8BrF3OS. The van der Waals surface area contributed by atoms with Crippen molar-refractivity contribution in [3.63, 3.8) is 0 Å². The first-order valence-corrected chi connectivity index (χ1v) is 6.03. The molecule has 0 heterocycles. The van der Waals surface area contributed by atoms with Gasteiger partial charge in [-0.25, -0.2) is 0 Å². The summed E-state index contributed by atoms with van der Waals surface area (Å²) in [6.07, 6.45) is 0.276. The highest BCUT2D eigenvalue weighted by Crippen LogP contribution is 2.40. The molecule has 0 fully saturated rings. The van der Waals surface area contributed by atoms with Crippen LogP contribution in [0.2, 0.25) is 0 Å². The highest BCUT2D eigenvalue weighted by molar-refractivity contribution is 9.10. The summed E-state index contributed by atoms with van der Waals surface area (Å²) in [6, 6.07) is 4.22. The maximum atomic E-state index is 12.2. The molecule has 0 unspecified atom stereocenters. The molecule has 88 valence electrons. The molecule has 0 spiro atoms. The van der Waals surface area contributed by atoms with Gasteiger partial charge in [0.25, 0.3) is 0 Å². The van der Waals surface area contributed by atoms with E-state index < -0.39 is 5.51 Å². The van der Waals surface area contributed by atoms with Gasteiger partial charge in [0.1, 0.15) is 0 Å². The van der Waals surface area contributed by atoms with Crippen molar-refractivity contribution in [2.75, 3.05) is 0 Å². The molecule has 0 bridgehead atoms. The van der Waals surface area contributed by atoms with E-state index in [4.69, 9.17) is 0 Å². The van der Waals surface area contributed by atoms with E-state index in [1.54, 1.807) is 6.92 Å². The molecule has 1 rings (SSSR count). The van der Waals surface area contributed by atoms with Crippen LogP contribution in [0.3, 0.4) is 0 Å². The summed E-state index contributed by atoms with van der Waals surface area (Å²) >= 11 is 2.79. The lowest BCUT2D eigenvalue weighted by Gasteiger charge is -2.08. The Bertz CT molecular complexity index is 404. The molecule has 1 aromatic rings. The van der Waals surface area contributed by atoms with Crippen LogP contribution in [0.15, 0.2) is 27.6 Å². The molecule has 0 atom stereocenters. The predicted octanol–water partition coefficient (Wildman–Crippen LogP) is 4.65. The molecule has 0 amide bonds. The zero-order valence-electron chi connectivity index (χ0n) is 8.27. The van der Waals surface area contributed by atoms with Crippen molar-refractivity contribution < 1.29 is 18.0 Å². The summed E-state index contributed by atoms with van der Waals surface area (Å²) in [5, 5.41) is 0. The van der Waals surface area contributed by atoms with Gasteiger partial charge in [0, 0.05) is 21.4 Å². The Balaban J connectivity index is 3.04. The van der Waals surface area contributed by atoms with Crippen molar-refractivity contribution in [1.29, 1.82) is 0 Å². The number of hydrogen-bond donors (Lipinski definition) is 0. The lowest BCUT2D eigenvalue weighted by Crippen LogP contribution is -2.01. The van der Waals surface area contributed by atoms with Gasteiger partial charge in [0.05, 0.1) is 0 Å². The first kappa shape index (κ1) is 13.6. The lowest BCUT2D eigenvalue weighted by molar-refractivity contribution is -0.0328. The molecule has 1 aromatic carbocycles. The average molecular weight is 313 g/mol. The standard InChI is InChI=1S/C10H8BrF3OS/c1-2-8(15)6-3-4-7(11)9(5-6)16-10(12,13)14/h3-5H,2H2,1H3. The zero-order valence-corrected chi connectivity index (χ0v) is 10.7. The number of alkyl halides is 3. The molecule has 0 saturated heterocycles. The van der Waals surface area contributed by atoms with Gasteiger partial charge in [-0.05, 0) is 39.8 Å². The number of thioether (sulfide) groups is 1. The normalized spacial score (nSPS) is 11.6. The third-order valence-electron chi connectivity index (χ3n) is 1.80. The Morgan fingerprint density at radius 2 is 2.06 bits per heavy atom. The number of Topliss-reactive ketones (excluding diaryl/α,β-unsaturated/α-hetero) is 1. The Hall–Kier alpha value is -0.490. The van der Waals surface area contributed by atoms with Crippen LogP contribution in [0.5, 0.6) is 0 Å². The summed E-state index contributed by atoms with van der Waals surface area (Å²) in [7, 11) is 0. The number of halogens is 4. The largest absolute Gasteiger partial charge is 0.446 e. The van der Waals surface area contributed by atoms with Gasteiger partial charge >= 0.3 is 5.51 Å². The van der Waals surface area contributed by atoms with Crippen LogP contribution in [0.1, 0.15) is 23.7 Å². The van der Waals surface area contributed by atoms with E-state index in [2.05, 4.69) is 15.9 Å². The summed E-state index contributed by atoms with van der Waals surface area (Å²) in [5.41, 5.74) is -4.05. The Kier molecular flexibility index (Phi) is 4.43. The van der Waals surface area contributed by atoms with Crippen molar-refractivity contribution in [2.24, 2.45) is 0 Å². The number of rotatable bonds is 3. The van der Waals surface area contributed by atoms with Crippen LogP contribution in [-0.2, 0) is 0 Å². The molecule has 0 aromatic heterocycles. The molecule has 0 radical (unpaired) electrons. The number of carbonyl (C=O) groups excluding carboxylic acids is 1. The van der Waals surface area contributed by atoms with Crippen molar-refractivity contribution >= 4 is 33.5 Å². The average Bonchev–Trinajstić information content (AvgIpc) is 2.18. The van der Waals surface area contributed by atoms with Crippen LogP contribution < -0.4 is 0 Å². The Morgan fingerprint density at radius 3 is 2.56 bits per heavy atom. The van der Waals surface area contributed by atoms with Crippen LogP contribution in [0.4, 0.5) is 13.2 Å². The smallest absolute Gasteiger partial charge is 0.294 e. The van der Waals surface area contributed by atoms with Gasteiger partial charge in [-0.15, -0.1) is 0 Å². The van der Waals surface area contributed by atoms with Gasteiger partial charge in [-0.1, -0.05) is 13.0 Å². The molecule has 0 N–H and O–H groups in total. The highest BCUT2D eigenvalue weighted by Gasteiger charge is 2.30. The second kappa shape index (κ2) is 5.23. The maximum absolute atomic E-state index is 12.2. The van der Waals surface area contributed by atoms with Crippen molar-refractivity contribution in [2.45, 2.75) is 23.7 Å². The fourth-order valence-electron chi connectivity index (χ4n) is 1.08. The molecule has 0 aliphatic carbocycles. The van der Waals surface area contributed by atoms with Gasteiger partial charge in [-0.2, -0.15) is 13.2 Å². The summed E-state index contributed by atoms with van der Waals surface area (Å²) in [5.74, 6) is -0.170. The van der Waals surface area contributed by atoms with E-state index >= 15 is 0 Å². The molecular weight excluding hydrogens is 305 g/mol. The van der Waals surface area contributed by atoms with E-state index in [1.807, 2.05) is 0 Å². The SMILES string of the molecule is CCC(=O)c1ccc(Br)c(SC(F)(F)F)c1. The zero-order chi connectivity index (χ0) is 12.3. The van der Waals surface area contributed by atoms with Crippen molar-refractivity contribution in [3.8, 4) is 0 Å². The number of carbonyl (C=O) groups is 1. The minimum Gasteiger partial charge on any atom is -0.294 e. The lowest BCUT2D eigenvalue weighted by atomic mass is 10.1. The fraction of sp³-hybridized carbons (Fsp3) is 0.300. The molecule has 0 aliphatic rings. The summed E-state index contributed by atoms with van der Waals surface area (Å²) < 4.78 is 36.9. The van der Waals surface area contributed by atoms with E-state index in [-0.39, 0.29) is 28.9 Å². The number of ketones is 1. The molecule has 1 nitrogen and oxygen atoms in total. The van der Waals surface area contributed by atoms with Gasteiger partial charge in [0.2, 0.25) is 0 Å². The quantitative estimate of drug-likeness (QED) is 0.597. The third kappa shape index (κ3) is 3.83. The molecule has 6 heteroatoms. The van der Waals surface area contributed by atoms with Gasteiger partial charge < -0.3 is 0 Å². The van der Waals surface area contributed by atoms with E-state index in [9.17, 15) is 18.0 Å². The van der Waals surface area contributed by atoms with Gasteiger partial charge in [0.15, 0.2) is 5.78 Å². The van der Waals surface area contributed by atoms with Crippen LogP contribution in [0, 0.1) is 0 Å². The minimum absolute atomic E-state index is 0.00630. The van der Waals surface area contributed by atoms with Crippen molar-refractivity contribution in [3.05, 3.63) is 28.2 Å². The van der Waals surface area contributed by atoms with E-state index in [1.165, 1.54) is 18.2 Å². The first-order valence-electron chi connectivity index (χ1n) is 4.42.